The van der Waals surface area contributed by atoms with Crippen molar-refractivity contribution in [3.05, 3.63) is 65.2 Å². The number of amides is 3. The van der Waals surface area contributed by atoms with Crippen molar-refractivity contribution >= 4 is 28.6 Å². The normalized spacial score (nSPS) is 12.0. The number of carbonyl (C=O) groups excluding carboxylic acids is 2. The zero-order valence-electron chi connectivity index (χ0n) is 14.3. The topological polar surface area (TPSA) is 97.4 Å². The molecule has 1 atom stereocenters. The SMILES string of the molecule is Cc1c([C@@H](C)NC(=O)Nc2ccc(C(N)=O)cc2)oc2ccc(F)cc12. The molecule has 0 aliphatic carbocycles. The lowest BCUT2D eigenvalue weighted by Gasteiger charge is -2.13. The maximum atomic E-state index is 13.4. The van der Waals surface area contributed by atoms with Gasteiger partial charge >= 0.3 is 6.03 Å². The molecule has 1 aromatic heterocycles. The van der Waals surface area contributed by atoms with Gasteiger partial charge in [0.05, 0.1) is 6.04 Å². The molecule has 1 heterocycles. The monoisotopic (exact) mass is 355 g/mol. The molecule has 26 heavy (non-hydrogen) atoms. The van der Waals surface area contributed by atoms with Crippen molar-refractivity contribution in [2.24, 2.45) is 5.73 Å². The zero-order valence-corrected chi connectivity index (χ0v) is 14.3. The van der Waals surface area contributed by atoms with E-state index in [0.717, 1.165) is 5.56 Å². The molecule has 2 aromatic carbocycles. The fourth-order valence-corrected chi connectivity index (χ4v) is 2.77. The number of benzene rings is 2. The summed E-state index contributed by atoms with van der Waals surface area (Å²) in [6, 6.07) is 9.66. The van der Waals surface area contributed by atoms with Gasteiger partial charge in [0.15, 0.2) is 0 Å². The van der Waals surface area contributed by atoms with Crippen molar-refractivity contribution < 1.29 is 18.4 Å². The molecule has 0 saturated heterocycles. The maximum Gasteiger partial charge on any atom is 0.319 e. The number of anilines is 1. The Morgan fingerprint density at radius 2 is 1.85 bits per heavy atom. The predicted molar refractivity (Wildman–Crippen MR) is 96.4 cm³/mol. The van der Waals surface area contributed by atoms with E-state index in [1.807, 2.05) is 6.92 Å². The average Bonchev–Trinajstić information content (AvgIpc) is 2.92. The molecule has 0 unspecified atom stereocenters. The molecule has 0 spiro atoms. The van der Waals surface area contributed by atoms with E-state index in [0.29, 0.717) is 28.0 Å². The molecular weight excluding hydrogens is 337 g/mol. The van der Waals surface area contributed by atoms with Crippen LogP contribution < -0.4 is 16.4 Å². The van der Waals surface area contributed by atoms with Crippen molar-refractivity contribution in [2.75, 3.05) is 5.32 Å². The number of fused-ring (bicyclic) bond motifs is 1. The van der Waals surface area contributed by atoms with Gasteiger partial charge in [-0.2, -0.15) is 0 Å². The van der Waals surface area contributed by atoms with Crippen LogP contribution in [0.5, 0.6) is 0 Å². The van der Waals surface area contributed by atoms with E-state index in [4.69, 9.17) is 10.2 Å². The largest absolute Gasteiger partial charge is 0.459 e. The minimum Gasteiger partial charge on any atom is -0.459 e. The van der Waals surface area contributed by atoms with Gasteiger partial charge in [-0.1, -0.05) is 0 Å². The highest BCUT2D eigenvalue weighted by Crippen LogP contribution is 2.29. The van der Waals surface area contributed by atoms with Crippen LogP contribution in [0.15, 0.2) is 46.9 Å². The number of furan rings is 1. The van der Waals surface area contributed by atoms with Crippen LogP contribution in [0, 0.1) is 12.7 Å². The highest BCUT2D eigenvalue weighted by atomic mass is 19.1. The fourth-order valence-electron chi connectivity index (χ4n) is 2.77. The third kappa shape index (κ3) is 3.51. The van der Waals surface area contributed by atoms with Crippen molar-refractivity contribution in [3.8, 4) is 0 Å². The number of nitrogens with two attached hydrogens (primary N) is 1. The van der Waals surface area contributed by atoms with Gasteiger partial charge in [0.1, 0.15) is 17.2 Å². The van der Waals surface area contributed by atoms with Gasteiger partial charge in [-0.05, 0) is 56.3 Å². The van der Waals surface area contributed by atoms with E-state index < -0.39 is 18.0 Å². The first-order chi connectivity index (χ1) is 12.3. The Hall–Kier alpha value is -3.35. The summed E-state index contributed by atoms with van der Waals surface area (Å²) < 4.78 is 19.2. The molecular formula is C19H18FN3O3. The number of carbonyl (C=O) groups is 2. The van der Waals surface area contributed by atoms with Crippen LogP contribution in [-0.2, 0) is 0 Å². The first kappa shape index (κ1) is 17.5. The van der Waals surface area contributed by atoms with Crippen molar-refractivity contribution in [1.82, 2.24) is 5.32 Å². The molecule has 6 nitrogen and oxygen atoms in total. The Morgan fingerprint density at radius 1 is 1.15 bits per heavy atom. The predicted octanol–water partition coefficient (Wildman–Crippen LogP) is 3.86. The van der Waals surface area contributed by atoms with E-state index in [9.17, 15) is 14.0 Å². The quantitative estimate of drug-likeness (QED) is 0.663. The maximum absolute atomic E-state index is 13.4. The smallest absolute Gasteiger partial charge is 0.319 e. The van der Waals surface area contributed by atoms with Crippen LogP contribution in [0.3, 0.4) is 0 Å². The Balaban J connectivity index is 1.71. The first-order valence-corrected chi connectivity index (χ1v) is 8.01. The summed E-state index contributed by atoms with van der Waals surface area (Å²) in [6.45, 7) is 3.59. The summed E-state index contributed by atoms with van der Waals surface area (Å²) in [5.74, 6) is -0.318. The molecule has 3 rings (SSSR count). The molecule has 0 aliphatic rings. The van der Waals surface area contributed by atoms with Crippen LogP contribution in [0.4, 0.5) is 14.9 Å². The Bertz CT molecular complexity index is 980. The minimum absolute atomic E-state index is 0.342. The second kappa shape index (κ2) is 6.87. The second-order valence-electron chi connectivity index (χ2n) is 5.99. The molecule has 134 valence electrons. The minimum atomic E-state index is -0.536. The highest BCUT2D eigenvalue weighted by Gasteiger charge is 2.19. The van der Waals surface area contributed by atoms with Crippen LogP contribution in [0.1, 0.15) is 34.6 Å². The molecule has 4 N–H and O–H groups in total. The summed E-state index contributed by atoms with van der Waals surface area (Å²) in [6.07, 6.45) is 0. The average molecular weight is 355 g/mol. The molecule has 3 aromatic rings. The molecule has 0 bridgehead atoms. The molecule has 0 fully saturated rings. The van der Waals surface area contributed by atoms with Gasteiger partial charge in [-0.15, -0.1) is 0 Å². The van der Waals surface area contributed by atoms with Crippen molar-refractivity contribution in [2.45, 2.75) is 19.9 Å². The van der Waals surface area contributed by atoms with Crippen LogP contribution >= 0.6 is 0 Å². The third-order valence-electron chi connectivity index (χ3n) is 4.10. The molecule has 0 saturated carbocycles. The lowest BCUT2D eigenvalue weighted by Crippen LogP contribution is -2.31. The summed E-state index contributed by atoms with van der Waals surface area (Å²) >= 11 is 0. The van der Waals surface area contributed by atoms with Gasteiger partial charge in [0, 0.05) is 22.2 Å². The second-order valence-corrected chi connectivity index (χ2v) is 5.99. The number of halogens is 1. The number of hydrogen-bond acceptors (Lipinski definition) is 3. The number of aryl methyl sites for hydroxylation is 1. The number of primary amides is 1. The van der Waals surface area contributed by atoms with Gasteiger partial charge in [-0.25, -0.2) is 9.18 Å². The Morgan fingerprint density at radius 3 is 2.50 bits per heavy atom. The van der Waals surface area contributed by atoms with Crippen LogP contribution in [-0.4, -0.2) is 11.9 Å². The lowest BCUT2D eigenvalue weighted by atomic mass is 10.1. The van der Waals surface area contributed by atoms with Crippen molar-refractivity contribution in [1.29, 1.82) is 0 Å². The van der Waals surface area contributed by atoms with E-state index >= 15 is 0 Å². The Labute approximate surface area is 149 Å². The standard InChI is InChI=1S/C19H18FN3O3/c1-10-15-9-13(20)5-8-16(15)26-17(10)11(2)22-19(25)23-14-6-3-12(4-7-14)18(21)24/h3-9,11H,1-2H3,(H2,21,24)(H2,22,23,25)/t11-/m1/s1. The van der Waals surface area contributed by atoms with Crippen LogP contribution in [0.2, 0.25) is 0 Å². The summed E-state index contributed by atoms with van der Waals surface area (Å²) in [5.41, 5.74) is 7.39. The van der Waals surface area contributed by atoms with Gasteiger partial charge in [0.25, 0.3) is 0 Å². The fraction of sp³-hybridized carbons (Fsp3) is 0.158. The zero-order chi connectivity index (χ0) is 18.8. The summed E-state index contributed by atoms with van der Waals surface area (Å²) in [4.78, 5) is 23.2. The summed E-state index contributed by atoms with van der Waals surface area (Å²) in [5, 5.41) is 6.11. The van der Waals surface area contributed by atoms with Gasteiger partial charge in [-0.3, -0.25) is 4.79 Å². The van der Waals surface area contributed by atoms with E-state index in [-0.39, 0.29) is 5.82 Å². The number of hydrogen-bond donors (Lipinski definition) is 3. The number of rotatable bonds is 4. The third-order valence-corrected chi connectivity index (χ3v) is 4.10. The first-order valence-electron chi connectivity index (χ1n) is 8.01. The highest BCUT2D eigenvalue weighted by molar-refractivity contribution is 5.94. The Kier molecular flexibility index (Phi) is 4.62. The molecule has 3 amide bonds. The van der Waals surface area contributed by atoms with Gasteiger partial charge < -0.3 is 20.8 Å². The lowest BCUT2D eigenvalue weighted by molar-refractivity contribution is 0.100. The molecule has 0 radical (unpaired) electrons. The van der Waals surface area contributed by atoms with E-state index in [1.165, 1.54) is 24.3 Å². The van der Waals surface area contributed by atoms with Crippen molar-refractivity contribution in [3.63, 3.8) is 0 Å². The van der Waals surface area contributed by atoms with Gasteiger partial charge in [0.2, 0.25) is 5.91 Å². The number of nitrogens with one attached hydrogen (secondary N) is 2. The molecule has 7 heteroatoms. The number of urea groups is 1. The van der Waals surface area contributed by atoms with E-state index in [2.05, 4.69) is 10.6 Å². The molecule has 0 aliphatic heterocycles. The van der Waals surface area contributed by atoms with Crippen LogP contribution in [0.25, 0.3) is 11.0 Å². The van der Waals surface area contributed by atoms with E-state index in [1.54, 1.807) is 25.1 Å². The summed E-state index contributed by atoms with van der Waals surface area (Å²) in [7, 11) is 0.